The molecule has 5 aliphatic heterocycles. The molecule has 664 valence electrons. The third-order valence-corrected chi connectivity index (χ3v) is 22.3. The predicted molar refractivity (Wildman–Crippen MR) is 415 cm³/mol. The number of hydrogen-bond donors (Lipinski definition) is 19. The number of aliphatic hydroxyl groups is 16. The van der Waals surface area contributed by atoms with E-state index in [1.165, 1.54) is 44.9 Å². The number of aliphatic hydroxyl groups excluding tert-OH is 16. The molecule has 5 fully saturated rings. The van der Waals surface area contributed by atoms with E-state index in [1.54, 1.807) is 0 Å². The maximum Gasteiger partial charge on any atom is 0.229 e. The number of amides is 3. The monoisotopic (exact) mass is 1650 g/mol. The maximum absolute atomic E-state index is 14.3. The molecular formula is C81H140N4O30. The molecule has 0 radical (unpaired) electrons. The highest BCUT2D eigenvalue weighted by Crippen LogP contribution is 2.41. The number of benzene rings is 1. The molecule has 0 aromatic heterocycles. The van der Waals surface area contributed by atoms with Crippen molar-refractivity contribution >= 4 is 30.1 Å². The number of unbranched alkanes of at least 4 members (excludes halogenated alkanes) is 22. The van der Waals surface area contributed by atoms with Crippen LogP contribution in [0, 0.1) is 0 Å². The molecule has 3 amide bonds. The van der Waals surface area contributed by atoms with Crippen molar-refractivity contribution in [3.63, 3.8) is 0 Å². The molecule has 19 N–H and O–H groups in total. The highest BCUT2D eigenvalue weighted by molar-refractivity contribution is 5.76. The van der Waals surface area contributed by atoms with Gasteiger partial charge in [-0.25, -0.2) is 0 Å². The number of carbonyl (C=O) groups is 4. The van der Waals surface area contributed by atoms with Gasteiger partial charge in [0, 0.05) is 26.7 Å². The Labute approximate surface area is 676 Å². The molecule has 17 unspecified atom stereocenters. The second-order valence-corrected chi connectivity index (χ2v) is 31.5. The van der Waals surface area contributed by atoms with Gasteiger partial charge in [-0.2, -0.15) is 0 Å². The van der Waals surface area contributed by atoms with Crippen LogP contribution >= 0.6 is 0 Å². The maximum atomic E-state index is 14.3. The van der Waals surface area contributed by atoms with Crippen LogP contribution < -0.4 is 16.0 Å². The summed E-state index contributed by atoms with van der Waals surface area (Å²) in [6.45, 7) is 3.90. The Morgan fingerprint density at radius 3 is 1.51 bits per heavy atom. The summed E-state index contributed by atoms with van der Waals surface area (Å²) in [6.07, 6.45) is -18.8. The Morgan fingerprint density at radius 1 is 0.522 bits per heavy atom. The summed E-state index contributed by atoms with van der Waals surface area (Å²) in [5.74, 6) is -5.03. The summed E-state index contributed by atoms with van der Waals surface area (Å²) in [5, 5.41) is 190. The zero-order chi connectivity index (χ0) is 84.2. The van der Waals surface area contributed by atoms with E-state index in [9.17, 15) is 101 Å². The van der Waals surface area contributed by atoms with Gasteiger partial charge in [0.25, 0.3) is 0 Å². The molecule has 0 spiro atoms. The first-order valence-electron chi connectivity index (χ1n) is 42.2. The molecule has 0 aliphatic carbocycles. The van der Waals surface area contributed by atoms with E-state index in [1.807, 2.05) is 42.5 Å². The van der Waals surface area contributed by atoms with Gasteiger partial charge in [-0.3, -0.25) is 24.1 Å². The highest BCUT2D eigenvalue weighted by Gasteiger charge is 2.60. The Bertz CT molecular complexity index is 2850. The van der Waals surface area contributed by atoms with Crippen molar-refractivity contribution in [3.05, 3.63) is 42.0 Å². The fourth-order valence-electron chi connectivity index (χ4n) is 15.7. The third kappa shape index (κ3) is 30.5. The SMILES string of the molecule is CCCCCCCCCCCCCCCC(=O)N[C@@H](CO[C@@H]1OC(CO)[C@@H](O[C@@H]2OC(CO)[C@H](OC3OC(CO)[C@H](O)C(O[C@@H]4OC(CO)[C@H](O)C(O)C4O)C3NC(C)=O)C(O[C@]3(C=O)CC(O)C(NC(C)=O)C([C@H](O)[C@H](O)CO)O3)C2O)C(O)C1O)[C@H](O)C(/C=C/c1ccccc1)N(CCCCCCCC)CCCCCCCC. The number of ether oxygens (including phenoxy) is 10. The minimum absolute atomic E-state index is 0.0505. The standard InChI is InChI=1S/C81H140N4O30/c1-6-9-12-15-18-19-20-21-22-23-24-25-31-36-60(96)84-52(63(97)53(38-37-51-34-29-28-30-35-51)85(39-32-26-16-13-10-7-2)40-33-27-17-14-11-8-3)47-106-78-70(104)68(102)72(58(45-89)109-78)111-80-71(105)76(115-81(48-91)41-54(94)61(82-49(4)92)75(114-81)64(98)55(95)42-86)73(59(46-90)110-80)112-77-62(83-50(5)93)74(66(100)57(44-88)107-77)113-79-69(103)67(101)65(99)56(43-87)108-79/h28-30,34-35,37-38,48,52-59,61-80,86-90,94-95,97-105H,6-27,31-33,36,39-47H2,1-5H3,(H,82,92)(H,83,93)(H,84,96)/b38-37+/t52-,53?,54?,55+,56?,57?,58?,59?,61?,62?,63-,64+,65-,66-,67?,68?,69?,70?,71?,72+,73-,74?,75?,76?,77?,78+,79-,80-,81-/m0/s1. The van der Waals surface area contributed by atoms with Gasteiger partial charge in [0.1, 0.15) is 116 Å². The predicted octanol–water partition coefficient (Wildman–Crippen LogP) is 0.139. The summed E-state index contributed by atoms with van der Waals surface area (Å²) in [6, 6.07) is 4.13. The molecule has 5 heterocycles. The first-order valence-corrected chi connectivity index (χ1v) is 42.2. The quantitative estimate of drug-likeness (QED) is 0.0305. The average Bonchev–Trinajstić information content (AvgIpc) is 0.751. The van der Waals surface area contributed by atoms with Crippen molar-refractivity contribution in [3.8, 4) is 0 Å². The topological polar surface area (TPSA) is 524 Å². The Hall–Kier alpha value is -4.04. The van der Waals surface area contributed by atoms with Crippen LogP contribution in [0.25, 0.3) is 6.08 Å². The van der Waals surface area contributed by atoms with E-state index in [2.05, 4.69) is 41.6 Å². The normalized spacial score (nSPS) is 33.3. The van der Waals surface area contributed by atoms with Crippen LogP contribution in [0.5, 0.6) is 0 Å². The molecule has 0 saturated carbocycles. The number of carbonyl (C=O) groups excluding carboxylic acids is 4. The Balaban J connectivity index is 1.34. The van der Waals surface area contributed by atoms with Gasteiger partial charge in [0.15, 0.2) is 31.4 Å². The third-order valence-electron chi connectivity index (χ3n) is 22.3. The van der Waals surface area contributed by atoms with E-state index < -0.39 is 235 Å². The molecule has 34 heteroatoms. The lowest BCUT2D eigenvalue weighted by Crippen LogP contribution is -2.71. The van der Waals surface area contributed by atoms with Crippen LogP contribution in [0.2, 0.25) is 0 Å². The fraction of sp³-hybridized carbons (Fsp3) is 0.852. The second kappa shape index (κ2) is 53.0. The minimum Gasteiger partial charge on any atom is -0.394 e. The van der Waals surface area contributed by atoms with Gasteiger partial charge in [-0.15, -0.1) is 0 Å². The number of nitrogens with zero attached hydrogens (tertiary/aromatic N) is 1. The largest absolute Gasteiger partial charge is 0.394 e. The van der Waals surface area contributed by atoms with Gasteiger partial charge in [-0.1, -0.05) is 205 Å². The Morgan fingerprint density at radius 2 is 0.983 bits per heavy atom. The van der Waals surface area contributed by atoms with Gasteiger partial charge >= 0.3 is 0 Å². The van der Waals surface area contributed by atoms with E-state index in [0.29, 0.717) is 19.5 Å². The molecular weight excluding hydrogens is 1510 g/mol. The molecule has 115 heavy (non-hydrogen) atoms. The number of rotatable bonds is 55. The van der Waals surface area contributed by atoms with Crippen LogP contribution in [-0.4, -0.2) is 341 Å². The van der Waals surface area contributed by atoms with Crippen LogP contribution in [-0.2, 0) is 66.5 Å². The van der Waals surface area contributed by atoms with E-state index in [0.717, 1.165) is 129 Å². The first-order chi connectivity index (χ1) is 55.3. The van der Waals surface area contributed by atoms with Crippen LogP contribution in [0.3, 0.4) is 0 Å². The van der Waals surface area contributed by atoms with Crippen molar-refractivity contribution in [2.45, 2.75) is 385 Å². The average molecular weight is 1650 g/mol. The summed E-state index contributed by atoms with van der Waals surface area (Å²) < 4.78 is 61.5. The summed E-state index contributed by atoms with van der Waals surface area (Å²) in [7, 11) is 0. The van der Waals surface area contributed by atoms with Crippen molar-refractivity contribution in [1.29, 1.82) is 0 Å². The molecule has 0 bridgehead atoms. The summed E-state index contributed by atoms with van der Waals surface area (Å²) >= 11 is 0. The van der Waals surface area contributed by atoms with E-state index in [4.69, 9.17) is 47.4 Å². The first kappa shape index (κ1) is 99.8. The van der Waals surface area contributed by atoms with Gasteiger partial charge < -0.3 is 145 Å². The molecule has 6 rings (SSSR count). The molecule has 1 aromatic carbocycles. The summed E-state index contributed by atoms with van der Waals surface area (Å²) in [4.78, 5) is 56.1. The molecule has 1 aromatic rings. The molecule has 34 nitrogen and oxygen atoms in total. The van der Waals surface area contributed by atoms with Crippen LogP contribution in [0.15, 0.2) is 36.4 Å². The number of aldehydes is 1. The van der Waals surface area contributed by atoms with Gasteiger partial charge in [0.2, 0.25) is 23.5 Å². The van der Waals surface area contributed by atoms with Crippen LogP contribution in [0.4, 0.5) is 0 Å². The molecule has 5 saturated heterocycles. The molecule has 29 atom stereocenters. The minimum atomic E-state index is -2.95. The number of hydrogen-bond acceptors (Lipinski definition) is 31. The zero-order valence-corrected chi connectivity index (χ0v) is 67.9. The lowest BCUT2D eigenvalue weighted by molar-refractivity contribution is -0.400. The smallest absolute Gasteiger partial charge is 0.229 e. The Kier molecular flexibility index (Phi) is 46.0. The highest BCUT2D eigenvalue weighted by atomic mass is 16.8. The second-order valence-electron chi connectivity index (χ2n) is 31.5. The lowest BCUT2D eigenvalue weighted by atomic mass is 9.88. The van der Waals surface area contributed by atoms with Gasteiger partial charge in [0.05, 0.1) is 70.0 Å². The summed E-state index contributed by atoms with van der Waals surface area (Å²) in [5.41, 5.74) is 0.863. The van der Waals surface area contributed by atoms with Crippen molar-refractivity contribution < 1.29 is 148 Å². The molecule has 5 aliphatic rings. The number of nitrogens with one attached hydrogen (secondary N) is 3. The van der Waals surface area contributed by atoms with Crippen molar-refractivity contribution in [2.75, 3.05) is 52.7 Å². The lowest BCUT2D eigenvalue weighted by Gasteiger charge is -2.52. The van der Waals surface area contributed by atoms with Crippen molar-refractivity contribution in [1.82, 2.24) is 20.9 Å². The van der Waals surface area contributed by atoms with Crippen molar-refractivity contribution in [2.24, 2.45) is 0 Å². The van der Waals surface area contributed by atoms with Crippen LogP contribution in [0.1, 0.15) is 214 Å². The zero-order valence-electron chi connectivity index (χ0n) is 67.9. The van der Waals surface area contributed by atoms with E-state index >= 15 is 0 Å². The van der Waals surface area contributed by atoms with E-state index in [-0.39, 0.29) is 18.6 Å². The van der Waals surface area contributed by atoms with Gasteiger partial charge in [-0.05, 0) is 37.9 Å². The fourth-order valence-corrected chi connectivity index (χ4v) is 15.7.